The standard InChI is InChI=1S/C11H17NO/c1-10(2)11(3,6-7-12-10)9-5-4-8-13-9/h4-5,8,12H,6-7H2,1-3H3. The molecule has 0 radical (unpaired) electrons. The van der Waals surface area contributed by atoms with Crippen molar-refractivity contribution < 1.29 is 4.42 Å². The first-order chi connectivity index (χ1) is 6.06. The maximum atomic E-state index is 5.52. The molecule has 2 rings (SSSR count). The van der Waals surface area contributed by atoms with E-state index >= 15 is 0 Å². The highest BCUT2D eigenvalue weighted by Crippen LogP contribution is 2.41. The van der Waals surface area contributed by atoms with Gasteiger partial charge in [-0.2, -0.15) is 0 Å². The molecule has 0 aromatic carbocycles. The zero-order valence-corrected chi connectivity index (χ0v) is 8.55. The molecule has 1 aliphatic rings. The van der Waals surface area contributed by atoms with Crippen LogP contribution in [0, 0.1) is 0 Å². The zero-order valence-electron chi connectivity index (χ0n) is 8.55. The molecule has 0 bridgehead atoms. The molecule has 1 N–H and O–H groups in total. The van der Waals surface area contributed by atoms with Gasteiger partial charge in [-0.3, -0.25) is 0 Å². The lowest BCUT2D eigenvalue weighted by atomic mass is 9.72. The Balaban J connectivity index is 2.40. The van der Waals surface area contributed by atoms with Gasteiger partial charge in [0.15, 0.2) is 0 Å². The molecule has 1 atom stereocenters. The highest BCUT2D eigenvalue weighted by atomic mass is 16.3. The van der Waals surface area contributed by atoms with Crippen molar-refractivity contribution in [2.24, 2.45) is 0 Å². The highest BCUT2D eigenvalue weighted by molar-refractivity contribution is 5.23. The van der Waals surface area contributed by atoms with Crippen LogP contribution in [0.2, 0.25) is 0 Å². The quantitative estimate of drug-likeness (QED) is 0.715. The molecule has 1 aromatic rings. The van der Waals surface area contributed by atoms with Crippen molar-refractivity contribution in [2.75, 3.05) is 6.54 Å². The largest absolute Gasteiger partial charge is 0.469 e. The molecule has 1 aromatic heterocycles. The normalized spacial score (nSPS) is 32.2. The average Bonchev–Trinajstić information content (AvgIpc) is 2.61. The first-order valence-corrected chi connectivity index (χ1v) is 4.85. The summed E-state index contributed by atoms with van der Waals surface area (Å²) < 4.78 is 5.52. The predicted octanol–water partition coefficient (Wildman–Crippen LogP) is 2.31. The van der Waals surface area contributed by atoms with Gasteiger partial charge in [0, 0.05) is 11.0 Å². The molecule has 0 saturated carbocycles. The van der Waals surface area contributed by atoms with E-state index in [2.05, 4.69) is 32.2 Å². The first-order valence-electron chi connectivity index (χ1n) is 4.85. The molecule has 1 fully saturated rings. The van der Waals surface area contributed by atoms with Crippen molar-refractivity contribution in [3.05, 3.63) is 24.2 Å². The van der Waals surface area contributed by atoms with Crippen molar-refractivity contribution >= 4 is 0 Å². The lowest BCUT2D eigenvalue weighted by molar-refractivity contribution is 0.250. The molecule has 1 aliphatic heterocycles. The second-order valence-corrected chi connectivity index (χ2v) is 4.61. The molecule has 0 spiro atoms. The summed E-state index contributed by atoms with van der Waals surface area (Å²) >= 11 is 0. The average molecular weight is 179 g/mol. The van der Waals surface area contributed by atoms with Crippen LogP contribution in [0.4, 0.5) is 0 Å². The number of nitrogens with one attached hydrogen (secondary N) is 1. The van der Waals surface area contributed by atoms with Gasteiger partial charge in [0.25, 0.3) is 0 Å². The fourth-order valence-corrected chi connectivity index (χ4v) is 2.16. The molecule has 1 saturated heterocycles. The Labute approximate surface area is 79.3 Å². The SMILES string of the molecule is CC1(C)NCCC1(C)c1ccco1. The Morgan fingerprint density at radius 3 is 2.62 bits per heavy atom. The Hall–Kier alpha value is -0.760. The monoisotopic (exact) mass is 179 g/mol. The van der Waals surface area contributed by atoms with Crippen LogP contribution in [-0.2, 0) is 5.41 Å². The second-order valence-electron chi connectivity index (χ2n) is 4.61. The summed E-state index contributed by atoms with van der Waals surface area (Å²) in [6.45, 7) is 7.82. The van der Waals surface area contributed by atoms with Crippen LogP contribution in [0.1, 0.15) is 33.0 Å². The lowest BCUT2D eigenvalue weighted by Gasteiger charge is -2.36. The van der Waals surface area contributed by atoms with Crippen molar-refractivity contribution in [2.45, 2.75) is 38.1 Å². The van der Waals surface area contributed by atoms with Crippen molar-refractivity contribution in [1.29, 1.82) is 0 Å². The van der Waals surface area contributed by atoms with E-state index in [0.717, 1.165) is 18.7 Å². The smallest absolute Gasteiger partial charge is 0.111 e. The van der Waals surface area contributed by atoms with Gasteiger partial charge in [-0.15, -0.1) is 0 Å². The molecular weight excluding hydrogens is 162 g/mol. The fraction of sp³-hybridized carbons (Fsp3) is 0.636. The van der Waals surface area contributed by atoms with E-state index in [0.29, 0.717) is 0 Å². The summed E-state index contributed by atoms with van der Waals surface area (Å²) in [5, 5.41) is 3.51. The van der Waals surface area contributed by atoms with Crippen LogP contribution >= 0.6 is 0 Å². The molecule has 1 unspecified atom stereocenters. The van der Waals surface area contributed by atoms with Gasteiger partial charge in [0.05, 0.1) is 6.26 Å². The van der Waals surface area contributed by atoms with Gasteiger partial charge < -0.3 is 9.73 Å². The maximum absolute atomic E-state index is 5.52. The van der Waals surface area contributed by atoms with Gasteiger partial charge in [0.2, 0.25) is 0 Å². The topological polar surface area (TPSA) is 25.2 Å². The number of hydrogen-bond donors (Lipinski definition) is 1. The zero-order chi connectivity index (χ0) is 9.53. The van der Waals surface area contributed by atoms with E-state index in [1.54, 1.807) is 6.26 Å². The molecule has 0 amide bonds. The van der Waals surface area contributed by atoms with Crippen LogP contribution in [0.5, 0.6) is 0 Å². The van der Waals surface area contributed by atoms with Gasteiger partial charge in [-0.25, -0.2) is 0 Å². The van der Waals surface area contributed by atoms with Crippen LogP contribution in [0.15, 0.2) is 22.8 Å². The molecule has 2 heteroatoms. The Bertz CT molecular complexity index is 289. The summed E-state index contributed by atoms with van der Waals surface area (Å²) in [4.78, 5) is 0. The van der Waals surface area contributed by atoms with E-state index in [-0.39, 0.29) is 11.0 Å². The van der Waals surface area contributed by atoms with E-state index in [4.69, 9.17) is 4.42 Å². The minimum absolute atomic E-state index is 0.130. The maximum Gasteiger partial charge on any atom is 0.111 e. The third-order valence-corrected chi connectivity index (χ3v) is 3.64. The minimum atomic E-state index is 0.130. The fourth-order valence-electron chi connectivity index (χ4n) is 2.16. The number of hydrogen-bond acceptors (Lipinski definition) is 2. The molecule has 13 heavy (non-hydrogen) atoms. The van der Waals surface area contributed by atoms with Crippen LogP contribution in [0.25, 0.3) is 0 Å². The Kier molecular flexibility index (Phi) is 1.77. The van der Waals surface area contributed by atoms with Crippen LogP contribution < -0.4 is 5.32 Å². The highest BCUT2D eigenvalue weighted by Gasteiger charge is 2.47. The summed E-state index contributed by atoms with van der Waals surface area (Å²) in [5.41, 5.74) is 0.265. The van der Waals surface area contributed by atoms with E-state index in [9.17, 15) is 0 Å². The predicted molar refractivity (Wildman–Crippen MR) is 52.8 cm³/mol. The van der Waals surface area contributed by atoms with Gasteiger partial charge in [-0.1, -0.05) is 6.92 Å². The molecular formula is C11H17NO. The van der Waals surface area contributed by atoms with Crippen LogP contribution in [0.3, 0.4) is 0 Å². The van der Waals surface area contributed by atoms with Crippen molar-refractivity contribution in [3.8, 4) is 0 Å². The molecule has 72 valence electrons. The van der Waals surface area contributed by atoms with Gasteiger partial charge in [-0.05, 0) is 38.9 Å². The van der Waals surface area contributed by atoms with E-state index in [1.807, 2.05) is 6.07 Å². The van der Waals surface area contributed by atoms with Crippen molar-refractivity contribution in [3.63, 3.8) is 0 Å². The number of rotatable bonds is 1. The summed E-state index contributed by atoms with van der Waals surface area (Å²) in [5.74, 6) is 1.10. The van der Waals surface area contributed by atoms with E-state index < -0.39 is 0 Å². The number of furan rings is 1. The minimum Gasteiger partial charge on any atom is -0.469 e. The van der Waals surface area contributed by atoms with Crippen molar-refractivity contribution in [1.82, 2.24) is 5.32 Å². The van der Waals surface area contributed by atoms with Crippen LogP contribution in [-0.4, -0.2) is 12.1 Å². The third-order valence-electron chi connectivity index (χ3n) is 3.64. The third kappa shape index (κ3) is 1.12. The lowest BCUT2D eigenvalue weighted by Crippen LogP contribution is -2.47. The Morgan fingerprint density at radius 1 is 1.38 bits per heavy atom. The second kappa shape index (κ2) is 2.61. The summed E-state index contributed by atoms with van der Waals surface area (Å²) in [6, 6.07) is 4.05. The van der Waals surface area contributed by atoms with E-state index in [1.165, 1.54) is 0 Å². The van der Waals surface area contributed by atoms with Gasteiger partial charge in [0.1, 0.15) is 5.76 Å². The molecule has 0 aliphatic carbocycles. The molecule has 2 nitrogen and oxygen atoms in total. The molecule has 2 heterocycles. The van der Waals surface area contributed by atoms with Gasteiger partial charge >= 0.3 is 0 Å². The Morgan fingerprint density at radius 2 is 2.15 bits per heavy atom. The summed E-state index contributed by atoms with van der Waals surface area (Å²) in [7, 11) is 0. The summed E-state index contributed by atoms with van der Waals surface area (Å²) in [6.07, 6.45) is 2.91. The first kappa shape index (κ1) is 8.82.